The highest BCUT2D eigenvalue weighted by atomic mass is 35.5. The van der Waals surface area contributed by atoms with Crippen LogP contribution in [0.2, 0.25) is 5.02 Å². The van der Waals surface area contributed by atoms with Gasteiger partial charge in [-0.15, -0.1) is 0 Å². The van der Waals surface area contributed by atoms with Crippen LogP contribution in [0.3, 0.4) is 0 Å². The molecule has 2 aromatic rings. The van der Waals surface area contributed by atoms with Gasteiger partial charge in [0.15, 0.2) is 0 Å². The van der Waals surface area contributed by atoms with Gasteiger partial charge in [-0.05, 0) is 30.3 Å². The summed E-state index contributed by atoms with van der Waals surface area (Å²) >= 11 is 5.82. The van der Waals surface area contributed by atoms with E-state index in [-0.39, 0.29) is 43.3 Å². The van der Waals surface area contributed by atoms with Crippen molar-refractivity contribution in [1.29, 1.82) is 0 Å². The van der Waals surface area contributed by atoms with E-state index in [9.17, 15) is 30.8 Å². The van der Waals surface area contributed by atoms with Crippen LogP contribution >= 0.6 is 11.6 Å². The molecule has 0 spiro atoms. The predicted molar refractivity (Wildman–Crippen MR) is 113 cm³/mol. The fourth-order valence-corrected chi connectivity index (χ4v) is 4.92. The largest absolute Gasteiger partial charge is 0.416 e. The van der Waals surface area contributed by atoms with Gasteiger partial charge in [-0.25, -0.2) is 12.8 Å². The van der Waals surface area contributed by atoms with E-state index in [1.807, 2.05) is 0 Å². The first-order chi connectivity index (χ1) is 15.0. The Bertz CT molecular complexity index is 1070. The van der Waals surface area contributed by atoms with Gasteiger partial charge in [0.05, 0.1) is 21.9 Å². The van der Waals surface area contributed by atoms with Crippen molar-refractivity contribution in [2.75, 3.05) is 43.4 Å². The summed E-state index contributed by atoms with van der Waals surface area (Å²) in [6, 6.07) is 8.63. The highest BCUT2D eigenvalue weighted by molar-refractivity contribution is 7.89. The number of amides is 1. The van der Waals surface area contributed by atoms with Crippen molar-refractivity contribution in [3.05, 3.63) is 64.4 Å². The number of alkyl halides is 3. The number of hydrogen-bond acceptors (Lipinski definition) is 4. The molecule has 1 saturated heterocycles. The molecular weight excluding hydrogens is 474 g/mol. The van der Waals surface area contributed by atoms with Gasteiger partial charge in [-0.2, -0.15) is 17.5 Å². The number of nitrogens with one attached hydrogen (secondary N) is 1. The molecule has 1 amide bonds. The van der Waals surface area contributed by atoms with Gasteiger partial charge in [0, 0.05) is 38.4 Å². The van der Waals surface area contributed by atoms with Crippen molar-refractivity contribution in [2.45, 2.75) is 6.18 Å². The molecule has 1 aliphatic rings. The van der Waals surface area contributed by atoms with E-state index in [0.717, 1.165) is 18.2 Å². The molecule has 0 saturated carbocycles. The summed E-state index contributed by atoms with van der Waals surface area (Å²) < 4.78 is 78.9. The van der Waals surface area contributed by atoms with Crippen molar-refractivity contribution >= 4 is 33.2 Å². The lowest BCUT2D eigenvalue weighted by Gasteiger charge is -2.35. The molecule has 2 aromatic carbocycles. The normalized spacial score (nSPS) is 15.6. The summed E-state index contributed by atoms with van der Waals surface area (Å²) in [5.41, 5.74) is -0.761. The van der Waals surface area contributed by atoms with Crippen LogP contribution in [0.1, 0.15) is 15.9 Å². The quantitative estimate of drug-likeness (QED) is 0.626. The molecule has 0 radical (unpaired) electrons. The van der Waals surface area contributed by atoms with E-state index >= 15 is 0 Å². The number of halogens is 5. The molecule has 0 atom stereocenters. The molecule has 1 N–H and O–H groups in total. The molecular formula is C20H20ClF4N3O3S. The van der Waals surface area contributed by atoms with Gasteiger partial charge in [0.1, 0.15) is 5.82 Å². The second-order valence-corrected chi connectivity index (χ2v) is 9.60. The minimum atomic E-state index is -4.46. The fourth-order valence-electron chi connectivity index (χ4n) is 3.33. The number of nitrogens with zero attached hydrogens (tertiary/aromatic N) is 2. The van der Waals surface area contributed by atoms with Crippen LogP contribution < -0.4 is 10.2 Å². The Morgan fingerprint density at radius 1 is 1.06 bits per heavy atom. The van der Waals surface area contributed by atoms with Gasteiger partial charge in [0.2, 0.25) is 10.0 Å². The Morgan fingerprint density at radius 2 is 1.72 bits per heavy atom. The summed E-state index contributed by atoms with van der Waals surface area (Å²) in [6.07, 6.45) is -4.46. The topological polar surface area (TPSA) is 69.7 Å². The van der Waals surface area contributed by atoms with E-state index in [1.54, 1.807) is 11.0 Å². The Hall–Kier alpha value is -2.37. The third-order valence-electron chi connectivity index (χ3n) is 5.01. The number of sulfonamides is 1. The second-order valence-electron chi connectivity index (χ2n) is 7.10. The average molecular weight is 494 g/mol. The van der Waals surface area contributed by atoms with Crippen LogP contribution in [0.4, 0.5) is 23.2 Å². The molecule has 32 heavy (non-hydrogen) atoms. The molecule has 0 aromatic heterocycles. The predicted octanol–water partition coefficient (Wildman–Crippen LogP) is 3.38. The number of carbonyl (C=O) groups is 1. The minimum Gasteiger partial charge on any atom is -0.369 e. The third kappa shape index (κ3) is 5.70. The standard InChI is InChI=1S/C20H20ClF4N3O3S/c21-16-5-2-6-17(22)18(16)19(29)26-7-12-32(30,31)28-10-8-27(9-11-28)15-4-1-3-14(13-15)20(23,24)25/h1-6,13H,7-12H2,(H,26,29). The first-order valence-electron chi connectivity index (χ1n) is 9.61. The minimum absolute atomic E-state index is 0.0870. The molecule has 1 fully saturated rings. The highest BCUT2D eigenvalue weighted by Crippen LogP contribution is 2.32. The molecule has 1 aliphatic heterocycles. The molecule has 1 heterocycles. The number of hydrogen-bond donors (Lipinski definition) is 1. The second kappa shape index (κ2) is 9.63. The zero-order valence-corrected chi connectivity index (χ0v) is 18.3. The number of anilines is 1. The van der Waals surface area contributed by atoms with Crippen LogP contribution in [0.25, 0.3) is 0 Å². The van der Waals surface area contributed by atoms with E-state index in [2.05, 4.69) is 5.32 Å². The SMILES string of the molecule is O=C(NCCS(=O)(=O)N1CCN(c2cccc(C(F)(F)F)c2)CC1)c1c(F)cccc1Cl. The monoisotopic (exact) mass is 493 g/mol. The lowest BCUT2D eigenvalue weighted by atomic mass is 10.1. The fraction of sp³-hybridized carbons (Fsp3) is 0.350. The van der Waals surface area contributed by atoms with Gasteiger partial charge in [-0.3, -0.25) is 4.79 Å². The number of rotatable bonds is 6. The summed E-state index contributed by atoms with van der Waals surface area (Å²) in [7, 11) is -3.73. The maximum Gasteiger partial charge on any atom is 0.416 e. The molecule has 0 bridgehead atoms. The molecule has 3 rings (SSSR count). The van der Waals surface area contributed by atoms with Gasteiger partial charge < -0.3 is 10.2 Å². The molecule has 174 valence electrons. The summed E-state index contributed by atoms with van der Waals surface area (Å²) in [5.74, 6) is -2.05. The summed E-state index contributed by atoms with van der Waals surface area (Å²) in [5, 5.41) is 2.26. The van der Waals surface area contributed by atoms with Gasteiger partial charge in [0.25, 0.3) is 5.91 Å². The van der Waals surface area contributed by atoms with Crippen molar-refractivity contribution in [1.82, 2.24) is 9.62 Å². The summed E-state index contributed by atoms with van der Waals surface area (Å²) in [4.78, 5) is 13.8. The van der Waals surface area contributed by atoms with Gasteiger partial charge >= 0.3 is 6.18 Å². The van der Waals surface area contributed by atoms with Crippen LogP contribution in [0.5, 0.6) is 0 Å². The van der Waals surface area contributed by atoms with Crippen molar-refractivity contribution < 1.29 is 30.8 Å². The van der Waals surface area contributed by atoms with Crippen molar-refractivity contribution in [3.8, 4) is 0 Å². The maximum atomic E-state index is 13.8. The molecule has 12 heteroatoms. The number of benzene rings is 2. The van der Waals surface area contributed by atoms with E-state index in [0.29, 0.717) is 5.69 Å². The zero-order chi connectivity index (χ0) is 23.5. The molecule has 0 aliphatic carbocycles. The van der Waals surface area contributed by atoms with Crippen LogP contribution in [0.15, 0.2) is 42.5 Å². The first-order valence-corrected chi connectivity index (χ1v) is 11.6. The lowest BCUT2D eigenvalue weighted by Crippen LogP contribution is -2.50. The Balaban J connectivity index is 1.54. The van der Waals surface area contributed by atoms with Crippen molar-refractivity contribution in [3.63, 3.8) is 0 Å². The van der Waals surface area contributed by atoms with Crippen LogP contribution in [-0.4, -0.2) is 57.1 Å². The summed E-state index contributed by atoms with van der Waals surface area (Å²) in [6.45, 7) is 0.368. The van der Waals surface area contributed by atoms with E-state index in [4.69, 9.17) is 11.6 Å². The van der Waals surface area contributed by atoms with Gasteiger partial charge in [-0.1, -0.05) is 23.7 Å². The maximum absolute atomic E-state index is 13.8. The van der Waals surface area contributed by atoms with Crippen molar-refractivity contribution in [2.24, 2.45) is 0 Å². The van der Waals surface area contributed by atoms with E-state index in [1.165, 1.54) is 22.5 Å². The molecule has 0 unspecified atom stereocenters. The number of piperazine rings is 1. The highest BCUT2D eigenvalue weighted by Gasteiger charge is 2.32. The number of carbonyl (C=O) groups excluding carboxylic acids is 1. The molecule has 6 nitrogen and oxygen atoms in total. The van der Waals surface area contributed by atoms with E-state index < -0.39 is 39.2 Å². The zero-order valence-electron chi connectivity index (χ0n) is 16.7. The van der Waals surface area contributed by atoms with Crippen LogP contribution in [-0.2, 0) is 16.2 Å². The average Bonchev–Trinajstić information content (AvgIpc) is 2.73. The Kier molecular flexibility index (Phi) is 7.31. The lowest BCUT2D eigenvalue weighted by molar-refractivity contribution is -0.137. The third-order valence-corrected chi connectivity index (χ3v) is 7.19. The van der Waals surface area contributed by atoms with Crippen LogP contribution in [0, 0.1) is 5.82 Å². The smallest absolute Gasteiger partial charge is 0.369 e. The Labute approximate surface area is 187 Å². The Morgan fingerprint density at radius 3 is 2.34 bits per heavy atom. The first kappa shape index (κ1) is 24.3.